The van der Waals surface area contributed by atoms with Crippen molar-refractivity contribution >= 4 is 23.3 Å². The second-order valence-corrected chi connectivity index (χ2v) is 5.95. The largest absolute Gasteiger partial charge is 0.480 e. The average molecular weight is 351 g/mol. The fourth-order valence-electron chi connectivity index (χ4n) is 2.99. The van der Waals surface area contributed by atoms with Crippen LogP contribution >= 0.6 is 0 Å². The van der Waals surface area contributed by atoms with E-state index in [4.69, 9.17) is 10.2 Å². The molecule has 0 bridgehead atoms. The van der Waals surface area contributed by atoms with Gasteiger partial charge in [-0.25, -0.2) is 4.79 Å². The van der Waals surface area contributed by atoms with E-state index >= 15 is 0 Å². The first-order chi connectivity index (χ1) is 11.9. The number of benzene rings is 1. The molecule has 2 fully saturated rings. The predicted octanol–water partition coefficient (Wildman–Crippen LogP) is 1.47. The van der Waals surface area contributed by atoms with Gasteiger partial charge in [0.1, 0.15) is 12.1 Å². The van der Waals surface area contributed by atoms with Gasteiger partial charge in [-0.2, -0.15) is 0 Å². The van der Waals surface area contributed by atoms with Crippen molar-refractivity contribution < 1.29 is 24.7 Å². The molecule has 3 rings (SSSR count). The second kappa shape index (κ2) is 8.43. The van der Waals surface area contributed by atoms with E-state index in [0.29, 0.717) is 13.0 Å². The molecule has 2 aliphatic rings. The highest BCUT2D eigenvalue weighted by molar-refractivity contribution is 5.79. The zero-order chi connectivity index (χ0) is 18.4. The minimum atomic E-state index is -0.846. The van der Waals surface area contributed by atoms with Gasteiger partial charge in [0.25, 0.3) is 5.69 Å². The Balaban J connectivity index is 0.000000236. The summed E-state index contributed by atoms with van der Waals surface area (Å²) >= 11 is 0. The molecule has 0 radical (unpaired) electrons. The summed E-state index contributed by atoms with van der Waals surface area (Å²) in [7, 11) is 0. The molecule has 0 aromatic heterocycles. The number of carboxylic acids is 2. The molecule has 1 aromatic carbocycles. The molecule has 2 aliphatic heterocycles. The molecule has 0 aliphatic carbocycles. The third-order valence-corrected chi connectivity index (χ3v) is 4.29. The Labute approximate surface area is 144 Å². The summed E-state index contributed by atoms with van der Waals surface area (Å²) in [4.78, 5) is 33.0. The van der Waals surface area contributed by atoms with Gasteiger partial charge in [-0.3, -0.25) is 14.9 Å². The summed E-state index contributed by atoms with van der Waals surface area (Å²) in [6.07, 6.45) is 3.23. The summed E-state index contributed by atoms with van der Waals surface area (Å²) in [6, 6.07) is 5.20. The summed E-state index contributed by atoms with van der Waals surface area (Å²) in [5.74, 6) is -1.57. The lowest BCUT2D eigenvalue weighted by molar-refractivity contribution is -0.384. The van der Waals surface area contributed by atoms with Crippen molar-refractivity contribution in [2.75, 3.05) is 18.0 Å². The molecule has 25 heavy (non-hydrogen) atoms. The first-order valence-electron chi connectivity index (χ1n) is 8.10. The maximum Gasteiger partial charge on any atom is 0.326 e. The number of hydrogen-bond acceptors (Lipinski definition) is 6. The quantitative estimate of drug-likeness (QED) is 0.548. The third kappa shape index (κ3) is 4.90. The van der Waals surface area contributed by atoms with Crippen molar-refractivity contribution in [2.45, 2.75) is 37.8 Å². The molecule has 9 heteroatoms. The van der Waals surface area contributed by atoms with Crippen LogP contribution in [0.25, 0.3) is 0 Å². The molecule has 1 unspecified atom stereocenters. The maximum absolute atomic E-state index is 11.0. The van der Waals surface area contributed by atoms with Crippen LogP contribution in [0.1, 0.15) is 25.7 Å². The van der Waals surface area contributed by atoms with Gasteiger partial charge in [0, 0.05) is 24.4 Å². The Morgan fingerprint density at radius 3 is 2.24 bits per heavy atom. The Bertz CT molecular complexity index is 627. The zero-order valence-electron chi connectivity index (χ0n) is 13.6. The van der Waals surface area contributed by atoms with Crippen LogP contribution < -0.4 is 10.2 Å². The van der Waals surface area contributed by atoms with Crippen LogP contribution in [0.4, 0.5) is 11.4 Å². The predicted molar refractivity (Wildman–Crippen MR) is 89.8 cm³/mol. The molecule has 9 nitrogen and oxygen atoms in total. The Hall–Kier alpha value is -2.68. The van der Waals surface area contributed by atoms with Gasteiger partial charge in [0.15, 0.2) is 0 Å². The number of aliphatic carboxylic acids is 2. The van der Waals surface area contributed by atoms with Crippen LogP contribution in [0, 0.1) is 10.1 Å². The third-order valence-electron chi connectivity index (χ3n) is 4.29. The first kappa shape index (κ1) is 18.7. The summed E-state index contributed by atoms with van der Waals surface area (Å²) in [6.45, 7) is 1.53. The van der Waals surface area contributed by atoms with Crippen LogP contribution in [0.15, 0.2) is 24.3 Å². The SMILES string of the molecule is O=C(O)C1CCCN1c1ccc([N+](=O)[O-])cc1.O=C(O)[C@@H]1CCCN1. The summed E-state index contributed by atoms with van der Waals surface area (Å²) in [5, 5.41) is 30.7. The molecule has 0 saturated carbocycles. The van der Waals surface area contributed by atoms with Crippen molar-refractivity contribution in [3.05, 3.63) is 34.4 Å². The molecule has 2 saturated heterocycles. The Morgan fingerprint density at radius 1 is 1.12 bits per heavy atom. The van der Waals surface area contributed by atoms with Gasteiger partial charge in [0.05, 0.1) is 4.92 Å². The standard InChI is InChI=1S/C11H12N2O4.C5H9NO2/c14-11(15)10-2-1-7-12(10)8-3-5-9(6-4-8)13(16)17;7-5(8)4-2-1-3-6-4/h3-6,10H,1-2,7H2,(H,14,15);4,6H,1-3H2,(H,7,8)/t;4-/m.0/s1. The number of rotatable bonds is 4. The molecule has 1 aromatic rings. The lowest BCUT2D eigenvalue weighted by Gasteiger charge is -2.23. The molecule has 0 amide bonds. The van der Waals surface area contributed by atoms with Crippen molar-refractivity contribution in [1.82, 2.24) is 5.32 Å². The summed E-state index contributed by atoms with van der Waals surface area (Å²) < 4.78 is 0. The van der Waals surface area contributed by atoms with Crippen molar-refractivity contribution in [3.8, 4) is 0 Å². The number of anilines is 1. The lowest BCUT2D eigenvalue weighted by atomic mass is 10.2. The van der Waals surface area contributed by atoms with Gasteiger partial charge in [-0.05, 0) is 44.4 Å². The van der Waals surface area contributed by atoms with Gasteiger partial charge in [-0.1, -0.05) is 0 Å². The van der Waals surface area contributed by atoms with E-state index in [1.165, 1.54) is 12.1 Å². The van der Waals surface area contributed by atoms with Gasteiger partial charge < -0.3 is 20.4 Å². The molecular formula is C16H21N3O6. The molecule has 0 spiro atoms. The topological polar surface area (TPSA) is 133 Å². The number of nitrogens with one attached hydrogen (secondary N) is 1. The van der Waals surface area contributed by atoms with Crippen molar-refractivity contribution in [1.29, 1.82) is 0 Å². The van der Waals surface area contributed by atoms with E-state index in [1.807, 2.05) is 0 Å². The number of carboxylic acid groups (broad SMARTS) is 2. The minimum Gasteiger partial charge on any atom is -0.480 e. The smallest absolute Gasteiger partial charge is 0.326 e. The van der Waals surface area contributed by atoms with Crippen LogP contribution in [0.3, 0.4) is 0 Å². The highest BCUT2D eigenvalue weighted by Crippen LogP contribution is 2.27. The Kier molecular flexibility index (Phi) is 6.29. The Morgan fingerprint density at radius 2 is 1.80 bits per heavy atom. The number of nitro groups is 1. The second-order valence-electron chi connectivity index (χ2n) is 5.95. The van der Waals surface area contributed by atoms with Crippen LogP contribution in [-0.4, -0.2) is 52.2 Å². The molecular weight excluding hydrogens is 330 g/mol. The van der Waals surface area contributed by atoms with E-state index in [9.17, 15) is 19.7 Å². The van der Waals surface area contributed by atoms with Crippen molar-refractivity contribution in [2.24, 2.45) is 0 Å². The molecule has 2 heterocycles. The molecule has 2 atom stereocenters. The average Bonchev–Trinajstić information content (AvgIpc) is 3.27. The van der Waals surface area contributed by atoms with E-state index < -0.39 is 22.9 Å². The van der Waals surface area contributed by atoms with E-state index in [0.717, 1.165) is 31.5 Å². The first-order valence-corrected chi connectivity index (χ1v) is 8.10. The number of nitrogens with zero attached hydrogens (tertiary/aromatic N) is 2. The fourth-order valence-corrected chi connectivity index (χ4v) is 2.99. The van der Waals surface area contributed by atoms with Gasteiger partial charge >= 0.3 is 11.9 Å². The maximum atomic E-state index is 11.0. The van der Waals surface area contributed by atoms with E-state index in [1.54, 1.807) is 17.0 Å². The normalized spacial score (nSPS) is 22.2. The number of nitro benzene ring substituents is 1. The van der Waals surface area contributed by atoms with Crippen LogP contribution in [-0.2, 0) is 9.59 Å². The minimum absolute atomic E-state index is 0.0137. The highest BCUT2D eigenvalue weighted by Gasteiger charge is 2.30. The number of hydrogen-bond donors (Lipinski definition) is 3. The molecule has 136 valence electrons. The van der Waals surface area contributed by atoms with E-state index in [2.05, 4.69) is 5.32 Å². The number of carbonyl (C=O) groups is 2. The number of non-ortho nitro benzene ring substituents is 1. The highest BCUT2D eigenvalue weighted by atomic mass is 16.6. The van der Waals surface area contributed by atoms with Crippen molar-refractivity contribution in [3.63, 3.8) is 0 Å². The van der Waals surface area contributed by atoms with Crippen LogP contribution in [0.5, 0.6) is 0 Å². The van der Waals surface area contributed by atoms with Gasteiger partial charge in [0.2, 0.25) is 0 Å². The lowest BCUT2D eigenvalue weighted by Crippen LogP contribution is -2.35. The zero-order valence-corrected chi connectivity index (χ0v) is 13.6. The molecule has 3 N–H and O–H groups in total. The van der Waals surface area contributed by atoms with Crippen LogP contribution in [0.2, 0.25) is 0 Å². The van der Waals surface area contributed by atoms with E-state index in [-0.39, 0.29) is 11.7 Å². The monoisotopic (exact) mass is 351 g/mol. The summed E-state index contributed by atoms with van der Waals surface area (Å²) in [5.41, 5.74) is 0.736. The van der Waals surface area contributed by atoms with Gasteiger partial charge in [-0.15, -0.1) is 0 Å². The fraction of sp³-hybridized carbons (Fsp3) is 0.500.